The zero-order chi connectivity index (χ0) is 12.3. The fraction of sp³-hybridized carbons (Fsp3) is 1.00. The molecular formula is C13H26N2O2. The van der Waals surface area contributed by atoms with E-state index in [2.05, 4.69) is 19.2 Å². The third kappa shape index (κ3) is 3.41. The lowest BCUT2D eigenvalue weighted by Gasteiger charge is -2.29. The molecule has 4 nitrogen and oxygen atoms in total. The van der Waals surface area contributed by atoms with Crippen LogP contribution in [0.1, 0.15) is 39.5 Å². The van der Waals surface area contributed by atoms with E-state index in [1.54, 1.807) is 0 Å². The van der Waals surface area contributed by atoms with Crippen molar-refractivity contribution in [1.29, 1.82) is 0 Å². The third-order valence-corrected chi connectivity index (χ3v) is 4.01. The van der Waals surface area contributed by atoms with E-state index in [9.17, 15) is 0 Å². The van der Waals surface area contributed by atoms with Gasteiger partial charge >= 0.3 is 0 Å². The van der Waals surface area contributed by atoms with E-state index in [4.69, 9.17) is 15.2 Å². The van der Waals surface area contributed by atoms with Gasteiger partial charge in [-0.2, -0.15) is 0 Å². The van der Waals surface area contributed by atoms with Gasteiger partial charge in [0.2, 0.25) is 0 Å². The summed E-state index contributed by atoms with van der Waals surface area (Å²) in [5, 5.41) is 3.54. The number of hydrogen-bond donors (Lipinski definition) is 2. The molecule has 2 fully saturated rings. The molecule has 0 amide bonds. The average Bonchev–Trinajstić information content (AvgIpc) is 2.90. The Kier molecular flexibility index (Phi) is 4.42. The molecule has 17 heavy (non-hydrogen) atoms. The van der Waals surface area contributed by atoms with Crippen molar-refractivity contribution in [1.82, 2.24) is 5.32 Å². The summed E-state index contributed by atoms with van der Waals surface area (Å²) in [6, 6.07) is 0.265. The van der Waals surface area contributed by atoms with Gasteiger partial charge in [0, 0.05) is 25.7 Å². The minimum absolute atomic E-state index is 0.00234. The van der Waals surface area contributed by atoms with Crippen molar-refractivity contribution in [2.24, 2.45) is 5.73 Å². The molecule has 2 heterocycles. The monoisotopic (exact) mass is 242 g/mol. The molecule has 2 aliphatic heterocycles. The van der Waals surface area contributed by atoms with Crippen molar-refractivity contribution in [2.75, 3.05) is 19.7 Å². The first-order valence-corrected chi connectivity index (χ1v) is 6.86. The standard InChI is InChI=1S/C13H26N2O2/c1-10-4-5-12(17-10)11(8-14)15-9-13(2)6-3-7-16-13/h10-12,15H,3-9,14H2,1-2H3. The summed E-state index contributed by atoms with van der Waals surface area (Å²) in [7, 11) is 0. The van der Waals surface area contributed by atoms with Crippen LogP contribution in [0.3, 0.4) is 0 Å². The molecule has 0 aliphatic carbocycles. The van der Waals surface area contributed by atoms with Crippen LogP contribution < -0.4 is 11.1 Å². The average molecular weight is 242 g/mol. The Morgan fingerprint density at radius 1 is 1.47 bits per heavy atom. The molecule has 100 valence electrons. The molecule has 3 N–H and O–H groups in total. The topological polar surface area (TPSA) is 56.5 Å². The lowest BCUT2D eigenvalue weighted by atomic mass is 10.0. The van der Waals surface area contributed by atoms with Crippen molar-refractivity contribution in [3.05, 3.63) is 0 Å². The molecule has 4 heteroatoms. The van der Waals surface area contributed by atoms with Crippen LogP contribution in [-0.4, -0.2) is 43.5 Å². The summed E-state index contributed by atoms with van der Waals surface area (Å²) in [5.41, 5.74) is 5.84. The van der Waals surface area contributed by atoms with Crippen LogP contribution in [0.2, 0.25) is 0 Å². The van der Waals surface area contributed by atoms with Gasteiger partial charge in [-0.05, 0) is 39.5 Å². The maximum Gasteiger partial charge on any atom is 0.0779 e. The van der Waals surface area contributed by atoms with E-state index in [-0.39, 0.29) is 17.7 Å². The Balaban J connectivity index is 1.79. The number of ether oxygens (including phenoxy) is 2. The summed E-state index contributed by atoms with van der Waals surface area (Å²) in [4.78, 5) is 0. The maximum absolute atomic E-state index is 5.88. The lowest BCUT2D eigenvalue weighted by molar-refractivity contribution is 0.00290. The van der Waals surface area contributed by atoms with Crippen molar-refractivity contribution in [3.8, 4) is 0 Å². The van der Waals surface area contributed by atoms with Crippen LogP contribution in [-0.2, 0) is 9.47 Å². The molecule has 0 saturated carbocycles. The Bertz CT molecular complexity index is 242. The fourth-order valence-electron chi connectivity index (χ4n) is 2.82. The van der Waals surface area contributed by atoms with Gasteiger partial charge in [-0.1, -0.05) is 0 Å². The van der Waals surface area contributed by atoms with Gasteiger partial charge in [-0.25, -0.2) is 0 Å². The molecule has 2 rings (SSSR count). The molecule has 4 atom stereocenters. The molecular weight excluding hydrogens is 216 g/mol. The molecule has 2 saturated heterocycles. The fourth-order valence-corrected chi connectivity index (χ4v) is 2.82. The first kappa shape index (κ1) is 13.3. The highest BCUT2D eigenvalue weighted by Gasteiger charge is 2.33. The van der Waals surface area contributed by atoms with Crippen molar-refractivity contribution < 1.29 is 9.47 Å². The molecule has 0 radical (unpaired) electrons. The number of rotatable bonds is 5. The molecule has 0 spiro atoms. The van der Waals surface area contributed by atoms with E-state index >= 15 is 0 Å². The Labute approximate surface area is 104 Å². The van der Waals surface area contributed by atoms with Gasteiger partial charge in [0.15, 0.2) is 0 Å². The number of hydrogen-bond acceptors (Lipinski definition) is 4. The van der Waals surface area contributed by atoms with Crippen molar-refractivity contribution >= 4 is 0 Å². The minimum Gasteiger partial charge on any atom is -0.374 e. The van der Waals surface area contributed by atoms with Crippen LogP contribution in [0.15, 0.2) is 0 Å². The van der Waals surface area contributed by atoms with Crippen molar-refractivity contribution in [2.45, 2.75) is 63.4 Å². The van der Waals surface area contributed by atoms with Crippen molar-refractivity contribution in [3.63, 3.8) is 0 Å². The van der Waals surface area contributed by atoms with E-state index in [0.29, 0.717) is 12.6 Å². The van der Waals surface area contributed by atoms with Gasteiger partial charge in [0.25, 0.3) is 0 Å². The zero-order valence-electron chi connectivity index (χ0n) is 11.1. The highest BCUT2D eigenvalue weighted by molar-refractivity contribution is 4.88. The molecule has 0 aromatic carbocycles. The van der Waals surface area contributed by atoms with E-state index in [1.165, 1.54) is 6.42 Å². The SMILES string of the molecule is CC1CCC(C(CN)NCC2(C)CCCO2)O1. The van der Waals surface area contributed by atoms with E-state index < -0.39 is 0 Å². The summed E-state index contributed by atoms with van der Waals surface area (Å²) < 4.78 is 11.7. The molecule has 0 bridgehead atoms. The van der Waals surface area contributed by atoms with Crippen LogP contribution >= 0.6 is 0 Å². The normalized spacial score (nSPS) is 39.7. The van der Waals surface area contributed by atoms with Crippen LogP contribution in [0.25, 0.3) is 0 Å². The van der Waals surface area contributed by atoms with Crippen LogP contribution in [0.4, 0.5) is 0 Å². The number of nitrogens with two attached hydrogens (primary N) is 1. The van der Waals surface area contributed by atoms with Gasteiger partial charge in [-0.15, -0.1) is 0 Å². The highest BCUT2D eigenvalue weighted by Crippen LogP contribution is 2.25. The Hall–Kier alpha value is -0.160. The smallest absolute Gasteiger partial charge is 0.0779 e. The molecule has 2 aliphatic rings. The van der Waals surface area contributed by atoms with Gasteiger partial charge in [0.05, 0.1) is 17.8 Å². The van der Waals surface area contributed by atoms with E-state index in [0.717, 1.165) is 32.4 Å². The van der Waals surface area contributed by atoms with Gasteiger partial charge < -0.3 is 20.5 Å². The van der Waals surface area contributed by atoms with Crippen LogP contribution in [0, 0.1) is 0 Å². The second-order valence-electron chi connectivity index (χ2n) is 5.69. The largest absolute Gasteiger partial charge is 0.374 e. The van der Waals surface area contributed by atoms with Crippen LogP contribution in [0.5, 0.6) is 0 Å². The number of nitrogens with one attached hydrogen (secondary N) is 1. The third-order valence-electron chi connectivity index (χ3n) is 4.01. The Morgan fingerprint density at radius 3 is 2.82 bits per heavy atom. The Morgan fingerprint density at radius 2 is 2.29 bits per heavy atom. The predicted octanol–water partition coefficient (Wildman–Crippen LogP) is 1.04. The second-order valence-corrected chi connectivity index (χ2v) is 5.69. The first-order valence-electron chi connectivity index (χ1n) is 6.86. The highest BCUT2D eigenvalue weighted by atomic mass is 16.5. The van der Waals surface area contributed by atoms with Gasteiger partial charge in [0.1, 0.15) is 0 Å². The maximum atomic E-state index is 5.88. The molecule has 0 aromatic rings. The molecule has 4 unspecified atom stereocenters. The lowest BCUT2D eigenvalue weighted by Crippen LogP contribution is -2.50. The first-order chi connectivity index (χ1) is 8.13. The second kappa shape index (κ2) is 5.65. The van der Waals surface area contributed by atoms with Gasteiger partial charge in [-0.3, -0.25) is 0 Å². The quantitative estimate of drug-likeness (QED) is 0.756. The minimum atomic E-state index is -0.00234. The predicted molar refractivity (Wildman–Crippen MR) is 68.0 cm³/mol. The van der Waals surface area contributed by atoms with E-state index in [1.807, 2.05) is 0 Å². The summed E-state index contributed by atoms with van der Waals surface area (Å²) in [6.07, 6.45) is 5.24. The summed E-state index contributed by atoms with van der Waals surface area (Å²) >= 11 is 0. The summed E-state index contributed by atoms with van der Waals surface area (Å²) in [5.74, 6) is 0. The zero-order valence-corrected chi connectivity index (χ0v) is 11.1. The summed E-state index contributed by atoms with van der Waals surface area (Å²) in [6.45, 7) is 6.71. The molecule has 0 aromatic heterocycles.